The Morgan fingerprint density at radius 1 is 1.69 bits per heavy atom. The molecule has 0 aromatic rings. The van der Waals surface area contributed by atoms with Gasteiger partial charge in [-0.2, -0.15) is 0 Å². The second-order valence-electron chi connectivity index (χ2n) is 3.46. The highest BCUT2D eigenvalue weighted by atomic mass is 16.5. The third-order valence-corrected chi connectivity index (χ3v) is 2.13. The van der Waals surface area contributed by atoms with E-state index >= 15 is 0 Å². The lowest BCUT2D eigenvalue weighted by molar-refractivity contribution is -0.119. The van der Waals surface area contributed by atoms with Gasteiger partial charge in [0.15, 0.2) is 0 Å². The zero-order valence-electron chi connectivity index (χ0n) is 8.38. The molecule has 76 valence electrons. The largest absolute Gasteiger partial charge is 0.376 e. The number of morpholine rings is 1. The Balaban J connectivity index is 2.10. The summed E-state index contributed by atoms with van der Waals surface area (Å²) in [5, 5.41) is 2.79. The van der Waals surface area contributed by atoms with E-state index in [-0.39, 0.29) is 5.91 Å². The van der Waals surface area contributed by atoms with Gasteiger partial charge in [0.1, 0.15) is 0 Å². The van der Waals surface area contributed by atoms with Gasteiger partial charge in [-0.25, -0.2) is 0 Å². The van der Waals surface area contributed by atoms with E-state index in [9.17, 15) is 4.79 Å². The lowest BCUT2D eigenvalue weighted by Crippen LogP contribution is -2.44. The third-order valence-electron chi connectivity index (χ3n) is 2.13. The minimum absolute atomic E-state index is 0.0429. The number of amides is 1. The van der Waals surface area contributed by atoms with Gasteiger partial charge in [-0.1, -0.05) is 0 Å². The number of hydrogen-bond donors (Lipinski definition) is 1. The Hall–Kier alpha value is -0.610. The summed E-state index contributed by atoms with van der Waals surface area (Å²) in [4.78, 5) is 12.9. The van der Waals surface area contributed by atoms with Gasteiger partial charge in [-0.15, -0.1) is 0 Å². The highest BCUT2D eigenvalue weighted by Gasteiger charge is 2.15. The van der Waals surface area contributed by atoms with Crippen LogP contribution in [0.1, 0.15) is 13.8 Å². The summed E-state index contributed by atoms with van der Waals surface area (Å²) < 4.78 is 5.41. The summed E-state index contributed by atoms with van der Waals surface area (Å²) in [5.41, 5.74) is 0. The van der Waals surface area contributed by atoms with Crippen molar-refractivity contribution in [3.8, 4) is 0 Å². The molecular weight excluding hydrogens is 168 g/mol. The van der Waals surface area contributed by atoms with Crippen molar-refractivity contribution in [2.75, 3.05) is 32.8 Å². The molecule has 0 bridgehead atoms. The van der Waals surface area contributed by atoms with E-state index in [1.54, 1.807) is 6.92 Å². The maximum absolute atomic E-state index is 10.6. The first-order valence-electron chi connectivity index (χ1n) is 4.77. The van der Waals surface area contributed by atoms with Crippen molar-refractivity contribution in [3.63, 3.8) is 0 Å². The van der Waals surface area contributed by atoms with E-state index in [1.807, 2.05) is 0 Å². The predicted octanol–water partition coefficient (Wildman–Crippen LogP) is -0.157. The summed E-state index contributed by atoms with van der Waals surface area (Å²) in [5.74, 6) is 0.0429. The van der Waals surface area contributed by atoms with Crippen molar-refractivity contribution in [2.45, 2.75) is 20.0 Å². The molecule has 1 amide bonds. The van der Waals surface area contributed by atoms with E-state index in [4.69, 9.17) is 4.74 Å². The smallest absolute Gasteiger partial charge is 0.216 e. The van der Waals surface area contributed by atoms with Gasteiger partial charge in [0.25, 0.3) is 0 Å². The molecule has 1 aliphatic heterocycles. The maximum atomic E-state index is 10.6. The normalized spacial score (nSPS) is 24.3. The summed E-state index contributed by atoms with van der Waals surface area (Å²) in [6.07, 6.45) is 0.325. The Kier molecular flexibility index (Phi) is 4.18. The monoisotopic (exact) mass is 186 g/mol. The molecule has 1 heterocycles. The molecule has 4 nitrogen and oxygen atoms in total. The second kappa shape index (κ2) is 5.19. The lowest BCUT2D eigenvalue weighted by atomic mass is 10.3. The molecule has 4 heteroatoms. The molecule has 1 saturated heterocycles. The SMILES string of the molecule is CC(=O)NCCN1CCOC(C)C1. The van der Waals surface area contributed by atoms with Crippen LogP contribution in [0.5, 0.6) is 0 Å². The van der Waals surface area contributed by atoms with Crippen molar-refractivity contribution in [1.82, 2.24) is 10.2 Å². The number of hydrogen-bond acceptors (Lipinski definition) is 3. The Morgan fingerprint density at radius 3 is 3.08 bits per heavy atom. The lowest BCUT2D eigenvalue weighted by Gasteiger charge is -2.30. The van der Waals surface area contributed by atoms with Crippen molar-refractivity contribution >= 4 is 5.91 Å². The van der Waals surface area contributed by atoms with Crippen molar-refractivity contribution < 1.29 is 9.53 Å². The Labute approximate surface area is 79.2 Å². The molecular formula is C9H18N2O2. The van der Waals surface area contributed by atoms with Gasteiger partial charge >= 0.3 is 0 Å². The quantitative estimate of drug-likeness (QED) is 0.666. The van der Waals surface area contributed by atoms with Gasteiger partial charge in [-0.05, 0) is 6.92 Å². The summed E-state index contributed by atoms with van der Waals surface area (Å²) >= 11 is 0. The highest BCUT2D eigenvalue weighted by molar-refractivity contribution is 5.72. The average Bonchev–Trinajstić information content (AvgIpc) is 2.03. The number of ether oxygens (including phenoxy) is 1. The van der Waals surface area contributed by atoms with Gasteiger partial charge in [0.2, 0.25) is 5.91 Å². The molecule has 1 atom stereocenters. The van der Waals surface area contributed by atoms with Gasteiger partial charge in [-0.3, -0.25) is 9.69 Å². The van der Waals surface area contributed by atoms with E-state index in [2.05, 4.69) is 17.1 Å². The van der Waals surface area contributed by atoms with Crippen LogP contribution in [0.4, 0.5) is 0 Å². The molecule has 0 aromatic heterocycles. The Bertz CT molecular complexity index is 173. The molecule has 1 fully saturated rings. The van der Waals surface area contributed by atoms with Crippen molar-refractivity contribution in [3.05, 3.63) is 0 Å². The van der Waals surface area contributed by atoms with Crippen LogP contribution < -0.4 is 5.32 Å². The molecule has 1 N–H and O–H groups in total. The van der Waals surface area contributed by atoms with E-state index in [1.165, 1.54) is 0 Å². The minimum atomic E-state index is 0.0429. The van der Waals surface area contributed by atoms with Crippen LogP contribution >= 0.6 is 0 Å². The second-order valence-corrected chi connectivity index (χ2v) is 3.46. The molecule has 0 aromatic carbocycles. The Morgan fingerprint density at radius 2 is 2.46 bits per heavy atom. The van der Waals surface area contributed by atoms with Gasteiger partial charge in [0, 0.05) is 33.1 Å². The number of nitrogens with one attached hydrogen (secondary N) is 1. The van der Waals surface area contributed by atoms with E-state index in [0.717, 1.165) is 32.8 Å². The number of rotatable bonds is 3. The molecule has 13 heavy (non-hydrogen) atoms. The van der Waals surface area contributed by atoms with Crippen LogP contribution in [-0.4, -0.2) is 49.7 Å². The van der Waals surface area contributed by atoms with Crippen LogP contribution in [0.25, 0.3) is 0 Å². The molecule has 0 spiro atoms. The van der Waals surface area contributed by atoms with Gasteiger partial charge in [0.05, 0.1) is 12.7 Å². The van der Waals surface area contributed by atoms with Crippen LogP contribution in [0.3, 0.4) is 0 Å². The topological polar surface area (TPSA) is 41.6 Å². The third kappa shape index (κ3) is 4.24. The first kappa shape index (κ1) is 10.5. The maximum Gasteiger partial charge on any atom is 0.216 e. The van der Waals surface area contributed by atoms with E-state index in [0.29, 0.717) is 6.10 Å². The van der Waals surface area contributed by atoms with E-state index < -0.39 is 0 Å². The summed E-state index contributed by atoms with van der Waals surface area (Å²) in [7, 11) is 0. The zero-order chi connectivity index (χ0) is 9.68. The van der Waals surface area contributed by atoms with Gasteiger partial charge < -0.3 is 10.1 Å². The van der Waals surface area contributed by atoms with Crippen molar-refractivity contribution in [1.29, 1.82) is 0 Å². The average molecular weight is 186 g/mol. The minimum Gasteiger partial charge on any atom is -0.376 e. The molecule has 1 aliphatic rings. The molecule has 0 radical (unpaired) electrons. The summed E-state index contributed by atoms with van der Waals surface area (Å²) in [6, 6.07) is 0. The molecule has 0 saturated carbocycles. The van der Waals surface area contributed by atoms with Crippen molar-refractivity contribution in [2.24, 2.45) is 0 Å². The predicted molar refractivity (Wildman–Crippen MR) is 50.5 cm³/mol. The fourth-order valence-electron chi connectivity index (χ4n) is 1.48. The van der Waals surface area contributed by atoms with Crippen LogP contribution in [0.2, 0.25) is 0 Å². The number of carbonyl (C=O) groups excluding carboxylic acids is 1. The van der Waals surface area contributed by atoms with Crippen LogP contribution in [0, 0.1) is 0 Å². The first-order valence-corrected chi connectivity index (χ1v) is 4.77. The first-order chi connectivity index (χ1) is 6.18. The molecule has 0 aliphatic carbocycles. The highest BCUT2D eigenvalue weighted by Crippen LogP contribution is 2.02. The summed E-state index contributed by atoms with van der Waals surface area (Å²) in [6.45, 7) is 8.03. The zero-order valence-corrected chi connectivity index (χ0v) is 8.38. The van der Waals surface area contributed by atoms with Crippen LogP contribution in [0.15, 0.2) is 0 Å². The molecule has 1 rings (SSSR count). The van der Waals surface area contributed by atoms with Crippen LogP contribution in [-0.2, 0) is 9.53 Å². The molecule has 1 unspecified atom stereocenters. The number of carbonyl (C=O) groups is 1. The fraction of sp³-hybridized carbons (Fsp3) is 0.889. The fourth-order valence-corrected chi connectivity index (χ4v) is 1.48. The number of nitrogens with zero attached hydrogens (tertiary/aromatic N) is 1. The standard InChI is InChI=1S/C9H18N2O2/c1-8-7-11(5-6-13-8)4-3-10-9(2)12/h8H,3-7H2,1-2H3,(H,10,12).